The van der Waals surface area contributed by atoms with Gasteiger partial charge in [0.2, 0.25) is 5.91 Å². The first-order valence-corrected chi connectivity index (χ1v) is 7.51. The van der Waals surface area contributed by atoms with Gasteiger partial charge >= 0.3 is 0 Å². The number of hydrazine groups is 1. The van der Waals surface area contributed by atoms with Gasteiger partial charge in [0.15, 0.2) is 0 Å². The standard InChI is InChI=1S/C15H15ClN2OS/c16-12-6-8-13(9-7-12)20-10-14(15(19)18-17)11-4-2-1-3-5-11/h1-9,14H,10,17H2,(H,18,19). The summed E-state index contributed by atoms with van der Waals surface area (Å²) in [6, 6.07) is 17.2. The summed E-state index contributed by atoms with van der Waals surface area (Å²) in [4.78, 5) is 13.0. The van der Waals surface area contributed by atoms with Crippen LogP contribution >= 0.6 is 23.4 Å². The van der Waals surface area contributed by atoms with Crippen molar-refractivity contribution in [2.75, 3.05) is 5.75 Å². The molecule has 2 aromatic rings. The van der Waals surface area contributed by atoms with E-state index in [0.29, 0.717) is 10.8 Å². The summed E-state index contributed by atoms with van der Waals surface area (Å²) in [6.45, 7) is 0. The molecule has 1 amide bonds. The number of benzene rings is 2. The number of hydrogen-bond donors (Lipinski definition) is 2. The zero-order valence-electron chi connectivity index (χ0n) is 10.8. The van der Waals surface area contributed by atoms with Gasteiger partial charge in [-0.1, -0.05) is 41.9 Å². The van der Waals surface area contributed by atoms with E-state index in [1.807, 2.05) is 54.6 Å². The van der Waals surface area contributed by atoms with Gasteiger partial charge in [-0.2, -0.15) is 0 Å². The number of nitrogens with one attached hydrogen (secondary N) is 1. The minimum Gasteiger partial charge on any atom is -0.294 e. The highest BCUT2D eigenvalue weighted by atomic mass is 35.5. The van der Waals surface area contributed by atoms with Gasteiger partial charge in [-0.25, -0.2) is 5.84 Å². The maximum atomic E-state index is 11.9. The number of rotatable bonds is 5. The SMILES string of the molecule is NNC(=O)C(CSc1ccc(Cl)cc1)c1ccccc1. The fourth-order valence-corrected chi connectivity index (χ4v) is 2.98. The molecule has 0 spiro atoms. The van der Waals surface area contributed by atoms with Crippen molar-refractivity contribution in [3.05, 3.63) is 65.2 Å². The molecule has 3 N–H and O–H groups in total. The van der Waals surface area contributed by atoms with Crippen LogP contribution in [0.2, 0.25) is 5.02 Å². The fourth-order valence-electron chi connectivity index (χ4n) is 1.82. The Balaban J connectivity index is 2.09. The molecule has 104 valence electrons. The summed E-state index contributed by atoms with van der Waals surface area (Å²) in [7, 11) is 0. The number of carbonyl (C=O) groups is 1. The van der Waals surface area contributed by atoms with E-state index in [9.17, 15) is 4.79 Å². The summed E-state index contributed by atoms with van der Waals surface area (Å²) in [5.74, 6) is 5.43. The van der Waals surface area contributed by atoms with Crippen LogP contribution in [-0.2, 0) is 4.79 Å². The molecule has 0 radical (unpaired) electrons. The van der Waals surface area contributed by atoms with Crippen molar-refractivity contribution in [3.63, 3.8) is 0 Å². The molecule has 2 rings (SSSR count). The van der Waals surface area contributed by atoms with Crippen molar-refractivity contribution >= 4 is 29.3 Å². The second kappa shape index (κ2) is 7.33. The molecule has 0 aromatic heterocycles. The molecule has 5 heteroatoms. The lowest BCUT2D eigenvalue weighted by Crippen LogP contribution is -2.35. The number of hydrogen-bond acceptors (Lipinski definition) is 3. The van der Waals surface area contributed by atoms with Gasteiger partial charge in [-0.3, -0.25) is 10.2 Å². The molecule has 0 fully saturated rings. The molecule has 1 unspecified atom stereocenters. The Kier molecular flexibility index (Phi) is 5.47. The number of thioether (sulfide) groups is 1. The van der Waals surface area contributed by atoms with E-state index >= 15 is 0 Å². The van der Waals surface area contributed by atoms with Crippen molar-refractivity contribution in [2.24, 2.45) is 5.84 Å². The average Bonchev–Trinajstić information content (AvgIpc) is 2.50. The molecule has 0 saturated heterocycles. The summed E-state index contributed by atoms with van der Waals surface area (Å²) in [5.41, 5.74) is 3.19. The van der Waals surface area contributed by atoms with Gasteiger partial charge in [-0.15, -0.1) is 11.8 Å². The molecule has 2 aromatic carbocycles. The Labute approximate surface area is 127 Å². The third kappa shape index (κ3) is 4.00. The van der Waals surface area contributed by atoms with Crippen molar-refractivity contribution < 1.29 is 4.79 Å². The van der Waals surface area contributed by atoms with Gasteiger partial charge in [0.25, 0.3) is 0 Å². The highest BCUT2D eigenvalue weighted by molar-refractivity contribution is 7.99. The third-order valence-electron chi connectivity index (χ3n) is 2.89. The van der Waals surface area contributed by atoms with Crippen LogP contribution in [0.3, 0.4) is 0 Å². The Morgan fingerprint density at radius 2 is 1.80 bits per heavy atom. The van der Waals surface area contributed by atoms with Crippen LogP contribution in [0.15, 0.2) is 59.5 Å². The summed E-state index contributed by atoms with van der Waals surface area (Å²) in [5, 5.41) is 0.702. The zero-order chi connectivity index (χ0) is 14.4. The zero-order valence-corrected chi connectivity index (χ0v) is 12.3. The molecule has 0 heterocycles. The lowest BCUT2D eigenvalue weighted by molar-refractivity contribution is -0.122. The summed E-state index contributed by atoms with van der Waals surface area (Å²) >= 11 is 7.45. The fraction of sp³-hybridized carbons (Fsp3) is 0.133. The Bertz CT molecular complexity index is 560. The van der Waals surface area contributed by atoms with Crippen LogP contribution in [0.25, 0.3) is 0 Å². The van der Waals surface area contributed by atoms with Gasteiger partial charge in [0.05, 0.1) is 5.92 Å². The highest BCUT2D eigenvalue weighted by Crippen LogP contribution is 2.27. The predicted octanol–water partition coefficient (Wildman–Crippen LogP) is 3.21. The third-order valence-corrected chi connectivity index (χ3v) is 4.25. The van der Waals surface area contributed by atoms with Crippen molar-refractivity contribution in [2.45, 2.75) is 10.8 Å². The maximum absolute atomic E-state index is 11.9. The lowest BCUT2D eigenvalue weighted by Gasteiger charge is -2.15. The van der Waals surface area contributed by atoms with Crippen LogP contribution < -0.4 is 11.3 Å². The van der Waals surface area contributed by atoms with Gasteiger partial charge in [-0.05, 0) is 29.8 Å². The van der Waals surface area contributed by atoms with Crippen LogP contribution in [0.1, 0.15) is 11.5 Å². The van der Waals surface area contributed by atoms with Crippen molar-refractivity contribution in [1.82, 2.24) is 5.43 Å². The lowest BCUT2D eigenvalue weighted by atomic mass is 10.0. The number of carbonyl (C=O) groups excluding carboxylic acids is 1. The first-order valence-electron chi connectivity index (χ1n) is 6.14. The van der Waals surface area contributed by atoms with Crippen LogP contribution in [-0.4, -0.2) is 11.7 Å². The highest BCUT2D eigenvalue weighted by Gasteiger charge is 2.19. The van der Waals surface area contributed by atoms with Crippen molar-refractivity contribution in [1.29, 1.82) is 0 Å². The van der Waals surface area contributed by atoms with Gasteiger partial charge < -0.3 is 0 Å². The van der Waals surface area contributed by atoms with E-state index in [1.165, 1.54) is 0 Å². The number of nitrogens with two attached hydrogens (primary N) is 1. The van der Waals surface area contributed by atoms with E-state index in [1.54, 1.807) is 11.8 Å². The second-order valence-corrected chi connectivity index (χ2v) is 5.77. The Morgan fingerprint density at radius 3 is 2.40 bits per heavy atom. The summed E-state index contributed by atoms with van der Waals surface area (Å²) < 4.78 is 0. The largest absolute Gasteiger partial charge is 0.294 e. The monoisotopic (exact) mass is 306 g/mol. The number of amides is 1. The van der Waals surface area contributed by atoms with E-state index < -0.39 is 0 Å². The molecule has 0 aliphatic rings. The normalized spacial score (nSPS) is 11.9. The minimum absolute atomic E-state index is 0.183. The quantitative estimate of drug-likeness (QED) is 0.386. The number of halogens is 1. The first kappa shape index (κ1) is 14.9. The molecular formula is C15H15ClN2OS. The van der Waals surface area contributed by atoms with E-state index in [4.69, 9.17) is 17.4 Å². The Hall–Kier alpha value is -1.49. The molecule has 3 nitrogen and oxygen atoms in total. The van der Waals surface area contributed by atoms with Crippen LogP contribution in [0.4, 0.5) is 0 Å². The smallest absolute Gasteiger partial charge is 0.242 e. The van der Waals surface area contributed by atoms with E-state index in [-0.39, 0.29) is 11.8 Å². The molecule has 20 heavy (non-hydrogen) atoms. The summed E-state index contributed by atoms with van der Waals surface area (Å²) in [6.07, 6.45) is 0. The topological polar surface area (TPSA) is 55.1 Å². The molecular weight excluding hydrogens is 292 g/mol. The van der Waals surface area contributed by atoms with E-state index in [0.717, 1.165) is 10.5 Å². The molecule has 0 bridgehead atoms. The Morgan fingerprint density at radius 1 is 1.15 bits per heavy atom. The average molecular weight is 307 g/mol. The first-order chi connectivity index (χ1) is 9.70. The van der Waals surface area contributed by atoms with E-state index in [2.05, 4.69) is 5.43 Å². The minimum atomic E-state index is -0.276. The van der Waals surface area contributed by atoms with Crippen LogP contribution in [0.5, 0.6) is 0 Å². The van der Waals surface area contributed by atoms with Crippen molar-refractivity contribution in [3.8, 4) is 0 Å². The second-order valence-electron chi connectivity index (χ2n) is 4.24. The predicted molar refractivity (Wildman–Crippen MR) is 83.7 cm³/mol. The molecule has 1 atom stereocenters. The van der Waals surface area contributed by atoms with Crippen LogP contribution in [0, 0.1) is 0 Å². The molecule has 0 saturated carbocycles. The molecule has 0 aliphatic carbocycles. The van der Waals surface area contributed by atoms with Gasteiger partial charge in [0.1, 0.15) is 0 Å². The molecule has 0 aliphatic heterocycles. The maximum Gasteiger partial charge on any atom is 0.242 e. The van der Waals surface area contributed by atoms with Gasteiger partial charge in [0, 0.05) is 15.7 Å².